The fourth-order valence-corrected chi connectivity index (χ4v) is 1.63. The normalized spacial score (nSPS) is 13.9. The highest BCUT2D eigenvalue weighted by atomic mass is 79.9. The van der Waals surface area contributed by atoms with Crippen molar-refractivity contribution in [2.75, 3.05) is 6.54 Å². The number of benzene rings is 1. The van der Waals surface area contributed by atoms with Crippen LogP contribution < -0.4 is 5.73 Å². The van der Waals surface area contributed by atoms with E-state index in [1.807, 2.05) is 0 Å². The van der Waals surface area contributed by atoms with Crippen LogP contribution in [0.2, 0.25) is 0 Å². The molecule has 0 radical (unpaired) electrons. The maximum absolute atomic E-state index is 12.5. The summed E-state index contributed by atoms with van der Waals surface area (Å²) in [5.41, 5.74) is 4.85. The maximum atomic E-state index is 12.5. The molecule has 84 valence electrons. The van der Waals surface area contributed by atoms with Gasteiger partial charge in [-0.2, -0.15) is 13.2 Å². The third-order valence-corrected chi connectivity index (χ3v) is 2.66. The third kappa shape index (κ3) is 2.63. The van der Waals surface area contributed by atoms with Gasteiger partial charge in [0.2, 0.25) is 0 Å². The molecule has 0 saturated carbocycles. The molecule has 1 rings (SSSR count). The summed E-state index contributed by atoms with van der Waals surface area (Å²) in [7, 11) is 0. The summed E-state index contributed by atoms with van der Waals surface area (Å²) in [5.74, 6) is -2.25. The Morgan fingerprint density at radius 3 is 2.47 bits per heavy atom. The van der Waals surface area contributed by atoms with Crippen molar-refractivity contribution in [3.05, 3.63) is 28.2 Å². The summed E-state index contributed by atoms with van der Waals surface area (Å²) in [6.07, 6.45) is -4.45. The molecular weight excluding hydrogens is 275 g/mol. The first-order valence-electron chi connectivity index (χ1n) is 4.12. The van der Waals surface area contributed by atoms with E-state index in [2.05, 4.69) is 15.9 Å². The average molecular weight is 284 g/mol. The van der Waals surface area contributed by atoms with Crippen LogP contribution in [0.1, 0.15) is 11.5 Å². The lowest BCUT2D eigenvalue weighted by molar-refractivity contribution is -0.148. The van der Waals surface area contributed by atoms with Gasteiger partial charge in [-0.3, -0.25) is 0 Å². The summed E-state index contributed by atoms with van der Waals surface area (Å²) in [6, 6.07) is 4.10. The minimum Gasteiger partial charge on any atom is -0.506 e. The van der Waals surface area contributed by atoms with Crippen molar-refractivity contribution in [3.8, 4) is 5.75 Å². The first-order chi connectivity index (χ1) is 6.88. The van der Waals surface area contributed by atoms with E-state index in [1.54, 1.807) is 0 Å². The predicted molar refractivity (Wildman–Crippen MR) is 53.7 cm³/mol. The molecule has 3 N–H and O–H groups in total. The summed E-state index contributed by atoms with van der Waals surface area (Å²) < 4.78 is 37.8. The van der Waals surface area contributed by atoms with Gasteiger partial charge < -0.3 is 10.8 Å². The van der Waals surface area contributed by atoms with E-state index >= 15 is 0 Å². The molecule has 6 heteroatoms. The SMILES string of the molecule is NCC(c1cccc(Br)c1O)C(F)(F)F. The predicted octanol–water partition coefficient (Wildman–Crippen LogP) is 2.76. The molecule has 0 fully saturated rings. The summed E-state index contributed by atoms with van der Waals surface area (Å²) in [5, 5.41) is 9.46. The highest BCUT2D eigenvalue weighted by molar-refractivity contribution is 9.10. The lowest BCUT2D eigenvalue weighted by atomic mass is 9.98. The van der Waals surface area contributed by atoms with Gasteiger partial charge in [-0.05, 0) is 22.0 Å². The number of phenolic OH excluding ortho intramolecular Hbond substituents is 1. The van der Waals surface area contributed by atoms with Crippen molar-refractivity contribution in [1.29, 1.82) is 0 Å². The van der Waals surface area contributed by atoms with Crippen LogP contribution in [0.3, 0.4) is 0 Å². The molecule has 0 aliphatic rings. The number of hydrogen-bond acceptors (Lipinski definition) is 2. The van der Waals surface area contributed by atoms with Crippen molar-refractivity contribution in [3.63, 3.8) is 0 Å². The summed E-state index contributed by atoms with van der Waals surface area (Å²) >= 11 is 2.95. The smallest absolute Gasteiger partial charge is 0.397 e. The highest BCUT2D eigenvalue weighted by Gasteiger charge is 2.41. The Labute approximate surface area is 93.0 Å². The number of hydrogen-bond donors (Lipinski definition) is 2. The Bertz CT molecular complexity index is 354. The van der Waals surface area contributed by atoms with E-state index < -0.39 is 24.4 Å². The van der Waals surface area contributed by atoms with E-state index in [4.69, 9.17) is 5.73 Å². The topological polar surface area (TPSA) is 46.2 Å². The molecule has 15 heavy (non-hydrogen) atoms. The van der Waals surface area contributed by atoms with Gasteiger partial charge in [-0.25, -0.2) is 0 Å². The van der Waals surface area contributed by atoms with E-state index in [1.165, 1.54) is 18.2 Å². The number of nitrogens with two attached hydrogens (primary N) is 1. The van der Waals surface area contributed by atoms with Crippen LogP contribution >= 0.6 is 15.9 Å². The molecule has 0 saturated heterocycles. The lowest BCUT2D eigenvalue weighted by Crippen LogP contribution is -2.28. The fourth-order valence-electron chi connectivity index (χ4n) is 1.25. The van der Waals surface area contributed by atoms with Crippen molar-refractivity contribution < 1.29 is 18.3 Å². The van der Waals surface area contributed by atoms with E-state index in [9.17, 15) is 18.3 Å². The van der Waals surface area contributed by atoms with Crippen LogP contribution in [0.5, 0.6) is 5.75 Å². The zero-order valence-electron chi connectivity index (χ0n) is 7.55. The summed E-state index contributed by atoms with van der Waals surface area (Å²) in [6.45, 7) is -0.590. The zero-order valence-corrected chi connectivity index (χ0v) is 9.14. The number of alkyl halides is 3. The lowest BCUT2D eigenvalue weighted by Gasteiger charge is -2.20. The Hall–Kier alpha value is -0.750. The molecule has 1 unspecified atom stereocenters. The van der Waals surface area contributed by atoms with Gasteiger partial charge in [-0.1, -0.05) is 12.1 Å². The first kappa shape index (κ1) is 12.3. The van der Waals surface area contributed by atoms with Crippen LogP contribution in [-0.4, -0.2) is 17.8 Å². The van der Waals surface area contributed by atoms with Crippen molar-refractivity contribution >= 4 is 15.9 Å². The number of rotatable bonds is 2. The van der Waals surface area contributed by atoms with Crippen molar-refractivity contribution in [2.24, 2.45) is 5.73 Å². The molecule has 1 atom stereocenters. The third-order valence-electron chi connectivity index (χ3n) is 2.02. The molecule has 0 aliphatic heterocycles. The second-order valence-electron chi connectivity index (χ2n) is 3.01. The molecule has 0 bridgehead atoms. The summed E-state index contributed by atoms with van der Waals surface area (Å²) in [4.78, 5) is 0. The second-order valence-corrected chi connectivity index (χ2v) is 3.86. The first-order valence-corrected chi connectivity index (χ1v) is 4.91. The van der Waals surface area contributed by atoms with Crippen LogP contribution in [0.25, 0.3) is 0 Å². The highest BCUT2D eigenvalue weighted by Crippen LogP contribution is 2.40. The van der Waals surface area contributed by atoms with E-state index in [0.717, 1.165) is 0 Å². The molecule has 0 aliphatic carbocycles. The van der Waals surface area contributed by atoms with E-state index in [0.29, 0.717) is 0 Å². The van der Waals surface area contributed by atoms with Gasteiger partial charge in [0.05, 0.1) is 10.4 Å². The second kappa shape index (κ2) is 4.40. The zero-order chi connectivity index (χ0) is 11.6. The molecular formula is C9H9BrF3NO. The van der Waals surface area contributed by atoms with Gasteiger partial charge in [0.1, 0.15) is 5.75 Å². The van der Waals surface area contributed by atoms with Crippen LogP contribution in [0.4, 0.5) is 13.2 Å². The number of para-hydroxylation sites is 1. The van der Waals surface area contributed by atoms with Crippen molar-refractivity contribution in [2.45, 2.75) is 12.1 Å². The Balaban J connectivity index is 3.19. The van der Waals surface area contributed by atoms with Crippen LogP contribution in [-0.2, 0) is 0 Å². The Morgan fingerprint density at radius 1 is 1.40 bits per heavy atom. The van der Waals surface area contributed by atoms with Crippen LogP contribution in [0, 0.1) is 0 Å². The average Bonchev–Trinajstić information content (AvgIpc) is 2.11. The maximum Gasteiger partial charge on any atom is 0.397 e. The molecule has 0 amide bonds. The van der Waals surface area contributed by atoms with Gasteiger partial charge >= 0.3 is 6.18 Å². The Kier molecular flexibility index (Phi) is 3.62. The number of aromatic hydroxyl groups is 1. The Morgan fingerprint density at radius 2 is 2.00 bits per heavy atom. The quantitative estimate of drug-likeness (QED) is 0.877. The minimum absolute atomic E-state index is 0.209. The molecule has 0 aromatic heterocycles. The molecule has 1 aromatic carbocycles. The molecule has 1 aromatic rings. The van der Waals surface area contributed by atoms with E-state index in [-0.39, 0.29) is 10.0 Å². The fraction of sp³-hybridized carbons (Fsp3) is 0.333. The van der Waals surface area contributed by atoms with Crippen molar-refractivity contribution in [1.82, 2.24) is 0 Å². The number of phenols is 1. The largest absolute Gasteiger partial charge is 0.506 e. The molecule has 2 nitrogen and oxygen atoms in total. The monoisotopic (exact) mass is 283 g/mol. The van der Waals surface area contributed by atoms with Crippen LogP contribution in [0.15, 0.2) is 22.7 Å². The minimum atomic E-state index is -4.45. The van der Waals surface area contributed by atoms with Gasteiger partial charge in [0.15, 0.2) is 0 Å². The molecule has 0 spiro atoms. The van der Waals surface area contributed by atoms with Gasteiger partial charge in [0.25, 0.3) is 0 Å². The van der Waals surface area contributed by atoms with Gasteiger partial charge in [-0.15, -0.1) is 0 Å². The number of halogens is 4. The van der Waals surface area contributed by atoms with Gasteiger partial charge in [0, 0.05) is 12.1 Å². The molecule has 0 heterocycles. The standard InChI is InChI=1S/C9H9BrF3NO/c10-7-3-1-2-5(8(7)15)6(4-14)9(11,12)13/h1-3,6,15H,4,14H2.